The van der Waals surface area contributed by atoms with Crippen LogP contribution in [0, 0.1) is 13.8 Å². The van der Waals surface area contributed by atoms with E-state index in [0.29, 0.717) is 17.8 Å². The lowest BCUT2D eigenvalue weighted by atomic mass is 10.1. The van der Waals surface area contributed by atoms with Crippen molar-refractivity contribution in [1.29, 1.82) is 0 Å². The predicted molar refractivity (Wildman–Crippen MR) is 88.3 cm³/mol. The summed E-state index contributed by atoms with van der Waals surface area (Å²) < 4.78 is 10.0. The first-order chi connectivity index (χ1) is 11.7. The average Bonchev–Trinajstić information content (AvgIpc) is 2.82. The molecule has 0 saturated carbocycles. The van der Waals surface area contributed by atoms with Gasteiger partial charge in [-0.15, -0.1) is 0 Å². The summed E-state index contributed by atoms with van der Waals surface area (Å²) in [5.74, 6) is -2.12. The predicted octanol–water partition coefficient (Wildman–Crippen LogP) is 1.20. The van der Waals surface area contributed by atoms with Gasteiger partial charge in [-0.2, -0.15) is 0 Å². The Labute approximate surface area is 145 Å². The number of rotatable bonds is 6. The number of H-pyrrole nitrogens is 1. The smallest absolute Gasteiger partial charge is 0.355 e. The van der Waals surface area contributed by atoms with E-state index in [1.807, 2.05) is 0 Å². The molecule has 9 nitrogen and oxygen atoms in total. The summed E-state index contributed by atoms with van der Waals surface area (Å²) in [4.78, 5) is 50.1. The van der Waals surface area contributed by atoms with E-state index in [1.54, 1.807) is 27.7 Å². The number of hydrogen-bond donors (Lipinski definition) is 3. The minimum Gasteiger partial charge on any atom is -0.462 e. The summed E-state index contributed by atoms with van der Waals surface area (Å²) in [7, 11) is 0. The van der Waals surface area contributed by atoms with E-state index >= 15 is 0 Å². The van der Waals surface area contributed by atoms with E-state index in [0.717, 1.165) is 0 Å². The lowest BCUT2D eigenvalue weighted by Gasteiger charge is -2.13. The van der Waals surface area contributed by atoms with E-state index in [4.69, 9.17) is 9.47 Å². The topological polar surface area (TPSA) is 127 Å². The molecule has 1 heterocycles. The van der Waals surface area contributed by atoms with Crippen molar-refractivity contribution in [2.24, 2.45) is 0 Å². The molecule has 138 valence electrons. The molecule has 3 N–H and O–H groups in total. The van der Waals surface area contributed by atoms with Crippen LogP contribution in [-0.4, -0.2) is 48.1 Å². The minimum absolute atomic E-state index is 0.0539. The Balaban J connectivity index is 2.84. The van der Waals surface area contributed by atoms with Crippen LogP contribution >= 0.6 is 0 Å². The SMILES string of the molecule is CCNC(=O)NC(=O)[C@@H](C)OC(=O)c1[nH]c(C)c(C(=O)OCC)c1C. The number of carbonyl (C=O) groups is 4. The first-order valence-corrected chi connectivity index (χ1v) is 7.88. The van der Waals surface area contributed by atoms with Gasteiger partial charge in [-0.1, -0.05) is 0 Å². The lowest BCUT2D eigenvalue weighted by Crippen LogP contribution is -2.44. The number of esters is 2. The van der Waals surface area contributed by atoms with Crippen molar-refractivity contribution in [3.8, 4) is 0 Å². The molecule has 1 aromatic rings. The van der Waals surface area contributed by atoms with Gasteiger partial charge in [-0.25, -0.2) is 14.4 Å². The number of ether oxygens (including phenoxy) is 2. The summed E-state index contributed by atoms with van der Waals surface area (Å²) in [6.45, 7) is 8.48. The fraction of sp³-hybridized carbons (Fsp3) is 0.500. The maximum atomic E-state index is 12.3. The van der Waals surface area contributed by atoms with E-state index in [2.05, 4.69) is 15.6 Å². The van der Waals surface area contributed by atoms with Gasteiger partial charge in [0, 0.05) is 12.2 Å². The molecule has 0 bridgehead atoms. The highest BCUT2D eigenvalue weighted by molar-refractivity contribution is 6.00. The highest BCUT2D eigenvalue weighted by atomic mass is 16.5. The molecule has 0 aliphatic heterocycles. The molecule has 0 aliphatic carbocycles. The van der Waals surface area contributed by atoms with Crippen LogP contribution in [0.25, 0.3) is 0 Å². The Kier molecular flexibility index (Phi) is 7.16. The zero-order chi connectivity index (χ0) is 19.1. The summed E-state index contributed by atoms with van der Waals surface area (Å²) >= 11 is 0. The van der Waals surface area contributed by atoms with Crippen molar-refractivity contribution < 1.29 is 28.7 Å². The molecule has 0 aliphatic rings. The Morgan fingerprint density at radius 1 is 1.12 bits per heavy atom. The molecular formula is C16H23N3O6. The van der Waals surface area contributed by atoms with E-state index in [9.17, 15) is 19.2 Å². The number of imide groups is 1. The van der Waals surface area contributed by atoms with Gasteiger partial charge in [0.05, 0.1) is 12.2 Å². The normalized spacial score (nSPS) is 11.4. The highest BCUT2D eigenvalue weighted by Gasteiger charge is 2.26. The number of nitrogens with one attached hydrogen (secondary N) is 3. The van der Waals surface area contributed by atoms with Crippen molar-refractivity contribution >= 4 is 23.9 Å². The zero-order valence-corrected chi connectivity index (χ0v) is 14.9. The van der Waals surface area contributed by atoms with Crippen molar-refractivity contribution in [3.05, 3.63) is 22.5 Å². The van der Waals surface area contributed by atoms with E-state index in [-0.39, 0.29) is 17.9 Å². The first kappa shape index (κ1) is 20.2. The second-order valence-corrected chi connectivity index (χ2v) is 5.24. The molecule has 9 heteroatoms. The van der Waals surface area contributed by atoms with Gasteiger partial charge in [-0.05, 0) is 40.2 Å². The monoisotopic (exact) mass is 353 g/mol. The van der Waals surface area contributed by atoms with Crippen LogP contribution in [0.15, 0.2) is 0 Å². The molecule has 3 amide bonds. The number of carbonyl (C=O) groups excluding carboxylic acids is 4. The Hall–Kier alpha value is -2.84. The molecule has 0 fully saturated rings. The molecule has 0 aromatic carbocycles. The van der Waals surface area contributed by atoms with E-state index < -0.39 is 30.0 Å². The number of hydrogen-bond acceptors (Lipinski definition) is 6. The maximum absolute atomic E-state index is 12.3. The molecule has 0 saturated heterocycles. The molecule has 1 atom stereocenters. The zero-order valence-electron chi connectivity index (χ0n) is 14.9. The lowest BCUT2D eigenvalue weighted by molar-refractivity contribution is -0.127. The average molecular weight is 353 g/mol. The third kappa shape index (κ3) is 5.07. The van der Waals surface area contributed by atoms with Crippen molar-refractivity contribution in [2.45, 2.75) is 40.7 Å². The van der Waals surface area contributed by atoms with Crippen molar-refractivity contribution in [2.75, 3.05) is 13.2 Å². The van der Waals surface area contributed by atoms with Crippen LogP contribution in [0.2, 0.25) is 0 Å². The fourth-order valence-electron chi connectivity index (χ4n) is 2.15. The molecule has 0 spiro atoms. The molecule has 0 unspecified atom stereocenters. The summed E-state index contributed by atoms with van der Waals surface area (Å²) in [6.07, 6.45) is -1.19. The van der Waals surface area contributed by atoms with Crippen molar-refractivity contribution in [1.82, 2.24) is 15.6 Å². The third-order valence-corrected chi connectivity index (χ3v) is 3.35. The molecule has 25 heavy (non-hydrogen) atoms. The molecular weight excluding hydrogens is 330 g/mol. The van der Waals surface area contributed by atoms with Gasteiger partial charge in [0.1, 0.15) is 5.69 Å². The third-order valence-electron chi connectivity index (χ3n) is 3.35. The second-order valence-electron chi connectivity index (χ2n) is 5.24. The number of aromatic nitrogens is 1. The van der Waals surface area contributed by atoms with Gasteiger partial charge in [0.15, 0.2) is 6.10 Å². The summed E-state index contributed by atoms with van der Waals surface area (Å²) in [6, 6.07) is -0.674. The van der Waals surface area contributed by atoms with Gasteiger partial charge in [-0.3, -0.25) is 10.1 Å². The van der Waals surface area contributed by atoms with E-state index in [1.165, 1.54) is 6.92 Å². The molecule has 1 aromatic heterocycles. The van der Waals surface area contributed by atoms with Crippen LogP contribution in [0.4, 0.5) is 4.79 Å². The highest BCUT2D eigenvalue weighted by Crippen LogP contribution is 2.20. The van der Waals surface area contributed by atoms with Crippen LogP contribution in [0.1, 0.15) is 52.9 Å². The summed E-state index contributed by atoms with van der Waals surface area (Å²) in [5.41, 5.74) is 1.14. The number of amides is 3. The molecule has 0 radical (unpaired) electrons. The Bertz CT molecular complexity index is 680. The maximum Gasteiger partial charge on any atom is 0.355 e. The summed E-state index contributed by atoms with van der Waals surface area (Å²) in [5, 5.41) is 4.44. The minimum atomic E-state index is -1.19. The second kappa shape index (κ2) is 8.86. The van der Waals surface area contributed by atoms with Crippen LogP contribution < -0.4 is 10.6 Å². The first-order valence-electron chi connectivity index (χ1n) is 7.88. The quantitative estimate of drug-likeness (QED) is 0.660. The largest absolute Gasteiger partial charge is 0.462 e. The Morgan fingerprint density at radius 2 is 1.76 bits per heavy atom. The van der Waals surface area contributed by atoms with Gasteiger partial charge in [0.25, 0.3) is 5.91 Å². The van der Waals surface area contributed by atoms with Crippen molar-refractivity contribution in [3.63, 3.8) is 0 Å². The Morgan fingerprint density at radius 3 is 2.32 bits per heavy atom. The van der Waals surface area contributed by atoms with Gasteiger partial charge < -0.3 is 19.8 Å². The number of aryl methyl sites for hydroxylation is 1. The van der Waals surface area contributed by atoms with Crippen LogP contribution in [0.5, 0.6) is 0 Å². The van der Waals surface area contributed by atoms with Crippen LogP contribution in [0.3, 0.4) is 0 Å². The van der Waals surface area contributed by atoms with Gasteiger partial charge >= 0.3 is 18.0 Å². The standard InChI is InChI=1S/C16H23N3O6/c1-6-17-16(23)19-13(20)10(5)25-15(22)12-8(3)11(9(4)18-12)14(21)24-7-2/h10,18H,6-7H2,1-5H3,(H2,17,19,20,23)/t10-/m1/s1. The number of urea groups is 1. The molecule has 1 rings (SSSR count). The van der Waals surface area contributed by atoms with Gasteiger partial charge in [0.2, 0.25) is 0 Å². The number of aromatic amines is 1. The van der Waals surface area contributed by atoms with Crippen LogP contribution in [-0.2, 0) is 14.3 Å². The fourth-order valence-corrected chi connectivity index (χ4v) is 2.15.